The Hall–Kier alpha value is -2.42. The van der Waals surface area contributed by atoms with E-state index in [9.17, 15) is 14.7 Å². The van der Waals surface area contributed by atoms with Crippen LogP contribution in [0.3, 0.4) is 0 Å². The summed E-state index contributed by atoms with van der Waals surface area (Å²) in [4.78, 5) is 33.8. The second-order valence-electron chi connectivity index (χ2n) is 9.28. The van der Waals surface area contributed by atoms with Crippen LogP contribution >= 0.6 is 0 Å². The number of rotatable bonds is 4. The highest BCUT2D eigenvalue weighted by Crippen LogP contribution is 2.56. The van der Waals surface area contributed by atoms with Gasteiger partial charge in [-0.3, -0.25) is 4.79 Å². The van der Waals surface area contributed by atoms with E-state index < -0.39 is 11.5 Å². The molecule has 2 unspecified atom stereocenters. The van der Waals surface area contributed by atoms with Crippen molar-refractivity contribution in [2.24, 2.45) is 23.5 Å². The third-order valence-corrected chi connectivity index (χ3v) is 7.11. The third-order valence-electron chi connectivity index (χ3n) is 7.11. The van der Waals surface area contributed by atoms with Crippen LogP contribution in [0.4, 0.5) is 10.7 Å². The van der Waals surface area contributed by atoms with Crippen molar-refractivity contribution in [1.29, 1.82) is 0 Å². The van der Waals surface area contributed by atoms with E-state index in [1.54, 1.807) is 4.90 Å². The summed E-state index contributed by atoms with van der Waals surface area (Å²) in [7, 11) is 0. The number of hydrogen-bond donors (Lipinski definition) is 3. The molecular weight excluding hydrogens is 374 g/mol. The lowest BCUT2D eigenvalue weighted by molar-refractivity contribution is -0.177. The first-order chi connectivity index (χ1) is 13.9. The standard InChI is InChI=1S/C20H27N5O4/c21-17(26)14-8-22-18(23-9-14)24-15-1-2-25(10-15)19(27)29-16-12-3-11-4-13(16)7-20(28,5-11)6-12/h8-9,11-13,15-16,28H,1-7,10H2,(H2,21,26)(H,22,23,24)/t11?,12?,13?,15-,16?,20?/m1/s1. The van der Waals surface area contributed by atoms with E-state index in [0.717, 1.165) is 38.5 Å². The van der Waals surface area contributed by atoms with Gasteiger partial charge < -0.3 is 25.8 Å². The Morgan fingerprint density at radius 2 is 1.90 bits per heavy atom. The second kappa shape index (κ2) is 6.83. The van der Waals surface area contributed by atoms with Gasteiger partial charge in [0.15, 0.2) is 0 Å². The molecule has 29 heavy (non-hydrogen) atoms. The zero-order valence-corrected chi connectivity index (χ0v) is 16.3. The number of aliphatic hydroxyl groups is 1. The van der Waals surface area contributed by atoms with E-state index in [0.29, 0.717) is 36.8 Å². The fourth-order valence-electron chi connectivity index (χ4n) is 6.07. The molecule has 1 saturated heterocycles. The highest BCUT2D eigenvalue weighted by atomic mass is 16.6. The van der Waals surface area contributed by atoms with Crippen LogP contribution in [0.2, 0.25) is 0 Å². The molecule has 1 aromatic heterocycles. The summed E-state index contributed by atoms with van der Waals surface area (Å²) >= 11 is 0. The Morgan fingerprint density at radius 1 is 1.21 bits per heavy atom. The molecule has 4 aliphatic carbocycles. The molecule has 4 N–H and O–H groups in total. The van der Waals surface area contributed by atoms with E-state index in [4.69, 9.17) is 10.5 Å². The molecule has 3 atom stereocenters. The molecule has 6 rings (SSSR count). The number of nitrogens with two attached hydrogens (primary N) is 1. The van der Waals surface area contributed by atoms with Gasteiger partial charge in [-0.2, -0.15) is 0 Å². The minimum atomic E-state index is -0.566. The number of nitrogens with one attached hydrogen (secondary N) is 1. The molecule has 9 nitrogen and oxygen atoms in total. The predicted octanol–water partition coefficient (Wildman–Crippen LogP) is 1.14. The first-order valence-electron chi connectivity index (χ1n) is 10.4. The summed E-state index contributed by atoms with van der Waals surface area (Å²) in [5.41, 5.74) is 4.93. The van der Waals surface area contributed by atoms with Crippen molar-refractivity contribution in [3.05, 3.63) is 18.0 Å². The van der Waals surface area contributed by atoms with Gasteiger partial charge in [0.25, 0.3) is 5.91 Å². The fourth-order valence-corrected chi connectivity index (χ4v) is 6.07. The molecule has 156 valence electrons. The van der Waals surface area contributed by atoms with E-state index in [1.807, 2.05) is 0 Å². The summed E-state index contributed by atoms with van der Waals surface area (Å²) in [5.74, 6) is 1.02. The summed E-state index contributed by atoms with van der Waals surface area (Å²) < 4.78 is 5.96. The quantitative estimate of drug-likeness (QED) is 0.689. The van der Waals surface area contributed by atoms with Crippen LogP contribution in [0.25, 0.3) is 0 Å². The highest BCUT2D eigenvalue weighted by Gasteiger charge is 2.56. The molecule has 0 radical (unpaired) electrons. The van der Waals surface area contributed by atoms with E-state index in [2.05, 4.69) is 15.3 Å². The smallest absolute Gasteiger partial charge is 0.410 e. The van der Waals surface area contributed by atoms with Gasteiger partial charge in [-0.15, -0.1) is 0 Å². The van der Waals surface area contributed by atoms with Crippen molar-refractivity contribution in [2.45, 2.75) is 56.3 Å². The van der Waals surface area contributed by atoms with Gasteiger partial charge in [-0.1, -0.05) is 0 Å². The number of carbonyl (C=O) groups excluding carboxylic acids is 2. The molecule has 2 amide bonds. The first kappa shape index (κ1) is 18.6. The number of primary amides is 1. The molecule has 1 aliphatic heterocycles. The zero-order chi connectivity index (χ0) is 20.2. The number of carbonyl (C=O) groups is 2. The molecule has 2 heterocycles. The van der Waals surface area contributed by atoms with E-state index in [-0.39, 0.29) is 23.8 Å². The largest absolute Gasteiger partial charge is 0.446 e. The monoisotopic (exact) mass is 401 g/mol. The van der Waals surface area contributed by atoms with Crippen LogP contribution < -0.4 is 11.1 Å². The van der Waals surface area contributed by atoms with Crippen molar-refractivity contribution in [3.63, 3.8) is 0 Å². The second-order valence-corrected chi connectivity index (χ2v) is 9.28. The number of likely N-dealkylation sites (tertiary alicyclic amines) is 1. The van der Waals surface area contributed by atoms with Crippen LogP contribution in [0.5, 0.6) is 0 Å². The van der Waals surface area contributed by atoms with Gasteiger partial charge in [0, 0.05) is 31.5 Å². The van der Waals surface area contributed by atoms with Gasteiger partial charge in [0.2, 0.25) is 5.95 Å². The molecule has 9 heteroatoms. The molecule has 5 fully saturated rings. The van der Waals surface area contributed by atoms with Crippen molar-refractivity contribution >= 4 is 17.9 Å². The maximum Gasteiger partial charge on any atom is 0.410 e. The molecule has 4 saturated carbocycles. The Balaban J connectivity index is 1.16. The van der Waals surface area contributed by atoms with Crippen LogP contribution in [-0.2, 0) is 4.74 Å². The number of nitrogens with zero attached hydrogens (tertiary/aromatic N) is 3. The highest BCUT2D eigenvalue weighted by molar-refractivity contribution is 5.92. The number of aromatic nitrogens is 2. The first-order valence-corrected chi connectivity index (χ1v) is 10.4. The Labute approximate surface area is 169 Å². The van der Waals surface area contributed by atoms with Crippen LogP contribution in [0.15, 0.2) is 12.4 Å². The van der Waals surface area contributed by atoms with Crippen molar-refractivity contribution < 1.29 is 19.4 Å². The van der Waals surface area contributed by atoms with Crippen molar-refractivity contribution in [3.8, 4) is 0 Å². The molecular formula is C20H27N5O4. The number of amides is 2. The minimum absolute atomic E-state index is 0.0289. The molecule has 1 aromatic rings. The Morgan fingerprint density at radius 3 is 2.52 bits per heavy atom. The normalized spacial score (nSPS) is 37.6. The van der Waals surface area contributed by atoms with Crippen molar-refractivity contribution in [2.75, 3.05) is 18.4 Å². The summed E-state index contributed by atoms with van der Waals surface area (Å²) in [6.07, 6.45) is 7.82. The maximum absolute atomic E-state index is 12.8. The maximum atomic E-state index is 12.8. The third kappa shape index (κ3) is 3.52. The molecule has 0 spiro atoms. The summed E-state index contributed by atoms with van der Waals surface area (Å²) in [6.45, 7) is 1.14. The molecule has 5 aliphatic rings. The number of anilines is 1. The van der Waals surface area contributed by atoms with Gasteiger partial charge >= 0.3 is 6.09 Å². The average Bonchev–Trinajstić information content (AvgIpc) is 3.12. The molecule has 4 bridgehead atoms. The minimum Gasteiger partial charge on any atom is -0.446 e. The predicted molar refractivity (Wildman–Crippen MR) is 103 cm³/mol. The number of hydrogen-bond acceptors (Lipinski definition) is 7. The number of ether oxygens (including phenoxy) is 1. The summed E-state index contributed by atoms with van der Waals surface area (Å²) in [6, 6.07) is 0.0289. The Kier molecular flexibility index (Phi) is 4.38. The van der Waals surface area contributed by atoms with Crippen LogP contribution in [0, 0.1) is 17.8 Å². The van der Waals surface area contributed by atoms with Crippen LogP contribution in [0.1, 0.15) is 48.9 Å². The van der Waals surface area contributed by atoms with Crippen molar-refractivity contribution in [1.82, 2.24) is 14.9 Å². The van der Waals surface area contributed by atoms with Crippen LogP contribution in [-0.4, -0.2) is 62.8 Å². The van der Waals surface area contributed by atoms with Gasteiger partial charge in [-0.25, -0.2) is 14.8 Å². The van der Waals surface area contributed by atoms with E-state index >= 15 is 0 Å². The lowest BCUT2D eigenvalue weighted by Gasteiger charge is -2.57. The zero-order valence-electron chi connectivity index (χ0n) is 16.3. The SMILES string of the molecule is NC(=O)c1cnc(N[C@@H]2CCN(C(=O)OC3C4CC5CC3CC(O)(C5)C4)C2)nc1. The Bertz CT molecular complexity index is 800. The fraction of sp³-hybridized carbons (Fsp3) is 0.700. The summed E-state index contributed by atoms with van der Waals surface area (Å²) in [5, 5.41) is 13.9. The molecule has 0 aromatic carbocycles. The van der Waals surface area contributed by atoms with Gasteiger partial charge in [0.1, 0.15) is 6.10 Å². The average molecular weight is 401 g/mol. The van der Waals surface area contributed by atoms with Gasteiger partial charge in [0.05, 0.1) is 11.2 Å². The lowest BCUT2D eigenvalue weighted by atomic mass is 9.53. The topological polar surface area (TPSA) is 131 Å². The lowest BCUT2D eigenvalue weighted by Crippen LogP contribution is -2.58. The van der Waals surface area contributed by atoms with Gasteiger partial charge in [-0.05, 0) is 56.3 Å². The van der Waals surface area contributed by atoms with E-state index in [1.165, 1.54) is 12.4 Å².